The molecule has 2 unspecified atom stereocenters. The van der Waals surface area contributed by atoms with Gasteiger partial charge in [-0.15, -0.1) is 24.0 Å². The van der Waals surface area contributed by atoms with Gasteiger partial charge in [0, 0.05) is 38.0 Å². The number of benzene rings is 1. The van der Waals surface area contributed by atoms with Crippen LogP contribution in [0.25, 0.3) is 0 Å². The van der Waals surface area contributed by atoms with E-state index in [9.17, 15) is 5.11 Å². The van der Waals surface area contributed by atoms with Crippen molar-refractivity contribution >= 4 is 41.7 Å². The van der Waals surface area contributed by atoms with E-state index in [-0.39, 0.29) is 24.0 Å². The van der Waals surface area contributed by atoms with Gasteiger partial charge in [-0.25, -0.2) is 4.99 Å². The van der Waals surface area contributed by atoms with E-state index in [1.54, 1.807) is 0 Å². The third-order valence-electron chi connectivity index (χ3n) is 5.74. The molecule has 1 aliphatic heterocycles. The molecule has 2 atom stereocenters. The predicted molar refractivity (Wildman–Crippen MR) is 137 cm³/mol. The van der Waals surface area contributed by atoms with Gasteiger partial charge >= 0.3 is 0 Å². The van der Waals surface area contributed by atoms with Crippen LogP contribution in [0, 0.1) is 0 Å². The number of thioether (sulfide) groups is 1. The Bertz CT molecular complexity index is 672. The van der Waals surface area contributed by atoms with E-state index < -0.39 is 5.60 Å². The van der Waals surface area contributed by atoms with Crippen LogP contribution < -0.4 is 10.6 Å². The van der Waals surface area contributed by atoms with E-state index in [0.29, 0.717) is 18.3 Å². The number of aliphatic imine (C=N–C) groups is 1. The van der Waals surface area contributed by atoms with Crippen LogP contribution in [-0.4, -0.2) is 72.0 Å². The molecule has 2 aliphatic rings. The molecule has 1 saturated heterocycles. The highest BCUT2D eigenvalue weighted by Crippen LogP contribution is 2.40. The molecule has 3 N–H and O–H groups in total. The summed E-state index contributed by atoms with van der Waals surface area (Å²) < 4.78 is 5.46. The van der Waals surface area contributed by atoms with Crippen LogP contribution in [0.5, 0.6) is 0 Å². The highest BCUT2D eigenvalue weighted by Gasteiger charge is 2.45. The van der Waals surface area contributed by atoms with Gasteiger partial charge in [-0.2, -0.15) is 11.8 Å². The van der Waals surface area contributed by atoms with Gasteiger partial charge in [0.25, 0.3) is 0 Å². The van der Waals surface area contributed by atoms with Crippen molar-refractivity contribution in [3.8, 4) is 0 Å². The van der Waals surface area contributed by atoms with Gasteiger partial charge < -0.3 is 20.5 Å². The summed E-state index contributed by atoms with van der Waals surface area (Å²) in [7, 11) is 0. The molecule has 30 heavy (non-hydrogen) atoms. The van der Waals surface area contributed by atoms with Crippen molar-refractivity contribution in [2.45, 2.75) is 50.6 Å². The maximum Gasteiger partial charge on any atom is 0.191 e. The zero-order valence-corrected chi connectivity index (χ0v) is 21.4. The molecule has 0 radical (unpaired) electrons. The predicted octanol–water partition coefficient (Wildman–Crippen LogP) is 2.84. The van der Waals surface area contributed by atoms with Gasteiger partial charge in [0.15, 0.2) is 5.96 Å². The third kappa shape index (κ3) is 7.25. The molecular weight excluding hydrogens is 511 g/mol. The highest BCUT2D eigenvalue weighted by molar-refractivity contribution is 14.0. The number of nitrogens with zero attached hydrogens (tertiary/aromatic N) is 2. The van der Waals surface area contributed by atoms with Crippen LogP contribution in [0.15, 0.2) is 29.3 Å². The molecule has 0 aromatic heterocycles. The normalized spacial score (nSPS) is 24.6. The number of nitrogens with one attached hydrogen (secondary N) is 2. The number of hydrogen-bond donors (Lipinski definition) is 3. The monoisotopic (exact) mass is 548 g/mol. The highest BCUT2D eigenvalue weighted by atomic mass is 127. The zero-order chi connectivity index (χ0) is 20.5. The minimum Gasteiger partial charge on any atom is -0.387 e. The molecule has 0 spiro atoms. The second kappa shape index (κ2) is 13.1. The molecular formula is C22H37IN4O2S. The van der Waals surface area contributed by atoms with Crippen molar-refractivity contribution in [2.75, 3.05) is 45.1 Å². The molecule has 1 aliphatic carbocycles. The fraction of sp³-hybridized carbons (Fsp3) is 0.682. The van der Waals surface area contributed by atoms with E-state index in [2.05, 4.69) is 53.6 Å². The molecule has 1 aromatic rings. The Hall–Kier alpha value is -0.550. The first-order chi connectivity index (χ1) is 14.1. The summed E-state index contributed by atoms with van der Waals surface area (Å²) in [6, 6.07) is 8.54. The maximum absolute atomic E-state index is 10.8. The molecule has 0 bridgehead atoms. The summed E-state index contributed by atoms with van der Waals surface area (Å²) >= 11 is 1.85. The largest absolute Gasteiger partial charge is 0.387 e. The lowest BCUT2D eigenvalue weighted by molar-refractivity contribution is -0.0198. The van der Waals surface area contributed by atoms with E-state index in [4.69, 9.17) is 9.73 Å². The summed E-state index contributed by atoms with van der Waals surface area (Å²) in [6.07, 6.45) is 1.96. The van der Waals surface area contributed by atoms with Gasteiger partial charge in [-0.05, 0) is 36.6 Å². The van der Waals surface area contributed by atoms with Crippen molar-refractivity contribution in [1.82, 2.24) is 15.5 Å². The van der Waals surface area contributed by atoms with Crippen LogP contribution in [0.4, 0.5) is 0 Å². The third-order valence-corrected chi connectivity index (χ3v) is 7.15. The van der Waals surface area contributed by atoms with Gasteiger partial charge in [0.1, 0.15) is 0 Å². The second-order valence-corrected chi connectivity index (χ2v) is 9.27. The first-order valence-corrected chi connectivity index (χ1v) is 11.9. The van der Waals surface area contributed by atoms with Crippen LogP contribution >= 0.6 is 35.7 Å². The Morgan fingerprint density at radius 3 is 2.60 bits per heavy atom. The maximum atomic E-state index is 10.8. The number of aliphatic hydroxyl groups is 1. The average Bonchev–Trinajstić information content (AvgIpc) is 2.74. The summed E-state index contributed by atoms with van der Waals surface area (Å²) in [5.74, 6) is 1.82. The second-order valence-electron chi connectivity index (χ2n) is 7.79. The van der Waals surface area contributed by atoms with Crippen LogP contribution in [0.1, 0.15) is 37.8 Å². The Morgan fingerprint density at radius 1 is 1.23 bits per heavy atom. The number of ether oxygens (including phenoxy) is 1. The summed E-state index contributed by atoms with van der Waals surface area (Å²) in [5.41, 5.74) is 1.95. The van der Waals surface area contributed by atoms with Crippen LogP contribution in [-0.2, 0) is 17.8 Å². The molecule has 0 amide bonds. The Labute approximate surface area is 202 Å². The quantitative estimate of drug-likeness (QED) is 0.251. The SMILES string of the molecule is CCNC(=NCc1ccccc1CN1CCOCC1)NCC1(O)CCC1SCC.I. The summed E-state index contributed by atoms with van der Waals surface area (Å²) in [4.78, 5) is 7.24. The molecule has 6 nitrogen and oxygen atoms in total. The van der Waals surface area contributed by atoms with Crippen molar-refractivity contribution in [2.24, 2.45) is 4.99 Å². The van der Waals surface area contributed by atoms with E-state index in [0.717, 1.165) is 63.9 Å². The number of guanidine groups is 1. The van der Waals surface area contributed by atoms with Crippen molar-refractivity contribution < 1.29 is 9.84 Å². The van der Waals surface area contributed by atoms with Crippen molar-refractivity contribution in [3.05, 3.63) is 35.4 Å². The number of rotatable bonds is 9. The minimum atomic E-state index is -0.620. The fourth-order valence-corrected chi connectivity index (χ4v) is 5.04. The van der Waals surface area contributed by atoms with Crippen LogP contribution in [0.3, 0.4) is 0 Å². The molecule has 8 heteroatoms. The van der Waals surface area contributed by atoms with Gasteiger partial charge in [-0.1, -0.05) is 31.2 Å². The van der Waals surface area contributed by atoms with Gasteiger partial charge in [0.2, 0.25) is 0 Å². The molecule has 170 valence electrons. The van der Waals surface area contributed by atoms with E-state index in [1.807, 2.05) is 11.8 Å². The van der Waals surface area contributed by atoms with Crippen molar-refractivity contribution in [3.63, 3.8) is 0 Å². The first-order valence-electron chi connectivity index (χ1n) is 10.9. The van der Waals surface area contributed by atoms with Crippen molar-refractivity contribution in [1.29, 1.82) is 0 Å². The topological polar surface area (TPSA) is 69.1 Å². The molecule has 3 rings (SSSR count). The zero-order valence-electron chi connectivity index (χ0n) is 18.2. The number of hydrogen-bond acceptors (Lipinski definition) is 5. The Morgan fingerprint density at radius 2 is 1.97 bits per heavy atom. The lowest BCUT2D eigenvalue weighted by atomic mass is 9.79. The van der Waals surface area contributed by atoms with Gasteiger partial charge in [-0.3, -0.25) is 4.90 Å². The molecule has 2 fully saturated rings. The lowest BCUT2D eigenvalue weighted by Gasteiger charge is -2.45. The van der Waals surface area contributed by atoms with Gasteiger partial charge in [0.05, 0.1) is 25.4 Å². The standard InChI is InChI=1S/C22H36N4O2S.HI/c1-3-23-21(25-17-22(27)10-9-20(22)29-4-2)24-15-18-7-5-6-8-19(18)16-26-11-13-28-14-12-26;/h5-8,20,27H,3-4,9-17H2,1-2H3,(H2,23,24,25);1H. The molecule has 1 heterocycles. The molecule has 1 saturated carbocycles. The fourth-order valence-electron chi connectivity index (χ4n) is 3.85. The lowest BCUT2D eigenvalue weighted by Crippen LogP contribution is -2.58. The Balaban J connectivity index is 0.00000320. The summed E-state index contributed by atoms with van der Waals surface area (Å²) in [5, 5.41) is 17.9. The van der Waals surface area contributed by atoms with Crippen LogP contribution in [0.2, 0.25) is 0 Å². The average molecular weight is 549 g/mol. The summed E-state index contributed by atoms with van der Waals surface area (Å²) in [6.45, 7) is 10.7. The minimum absolute atomic E-state index is 0. The van der Waals surface area contributed by atoms with E-state index in [1.165, 1.54) is 11.1 Å². The first kappa shape index (κ1) is 25.7. The van der Waals surface area contributed by atoms with E-state index >= 15 is 0 Å². The molecule has 1 aromatic carbocycles. The Kier molecular flexibility index (Phi) is 11.2. The number of morpholine rings is 1. The smallest absolute Gasteiger partial charge is 0.191 e. The number of halogens is 1.